The Kier molecular flexibility index (Phi) is 6.21. The van der Waals surface area contributed by atoms with E-state index in [-0.39, 0.29) is 0 Å². The molecule has 15 rings (SSSR count). The van der Waals surface area contributed by atoms with E-state index in [1.165, 1.54) is 0 Å². The summed E-state index contributed by atoms with van der Waals surface area (Å²) in [6.07, 6.45) is 9.13. The molecule has 1 unspecified atom stereocenters. The molecule has 4 nitrogen and oxygen atoms in total. The van der Waals surface area contributed by atoms with Crippen molar-refractivity contribution in [3.05, 3.63) is 180 Å². The maximum Gasteiger partial charge on any atom is 0.127 e. The molecule has 0 amide bonds. The lowest BCUT2D eigenvalue weighted by atomic mass is 9.78. The highest BCUT2D eigenvalue weighted by Gasteiger charge is 2.45. The Morgan fingerprint density at radius 1 is 0.422 bits per heavy atom. The van der Waals surface area contributed by atoms with E-state index in [9.17, 15) is 20.4 Å². The van der Waals surface area contributed by atoms with Crippen LogP contribution in [0.5, 0.6) is 0 Å². The van der Waals surface area contributed by atoms with Gasteiger partial charge in [0, 0.05) is 0 Å². The molecule has 5 aromatic rings. The highest BCUT2D eigenvalue weighted by atomic mass is 16.3. The van der Waals surface area contributed by atoms with E-state index >= 15 is 0 Å². The van der Waals surface area contributed by atoms with Crippen molar-refractivity contribution in [2.24, 2.45) is 0 Å². The largest absolute Gasteiger partial charge is 0.388 e. The fourth-order valence-corrected chi connectivity index (χ4v) is 7.00. The molecule has 0 aromatic heterocycles. The van der Waals surface area contributed by atoms with E-state index < -0.39 is 28.8 Å². The van der Waals surface area contributed by atoms with Crippen molar-refractivity contribution in [2.45, 2.75) is 28.8 Å². The van der Waals surface area contributed by atoms with E-state index in [1.807, 2.05) is 103 Å². The van der Waals surface area contributed by atoms with E-state index in [0.29, 0.717) is 16.7 Å². The summed E-state index contributed by atoms with van der Waals surface area (Å²) in [5.41, 5.74) is 4.95. The minimum absolute atomic E-state index is 0.557. The molecule has 0 heterocycles. The normalized spacial score (nSPS) is 27.6. The third-order valence-electron chi connectivity index (χ3n) is 9.72. The van der Waals surface area contributed by atoms with Crippen LogP contribution in [0.15, 0.2) is 158 Å². The van der Waals surface area contributed by atoms with Crippen LogP contribution in [0.3, 0.4) is 0 Å². The van der Waals surface area contributed by atoms with Gasteiger partial charge >= 0.3 is 0 Å². The van der Waals surface area contributed by atoms with E-state index in [0.717, 1.165) is 38.9 Å². The van der Waals surface area contributed by atoms with Crippen molar-refractivity contribution >= 4 is 0 Å². The van der Waals surface area contributed by atoms with Crippen LogP contribution in [0.1, 0.15) is 28.2 Å². The monoisotopic (exact) mass is 588 g/mol. The highest BCUT2D eigenvalue weighted by Crippen LogP contribution is 2.46. The van der Waals surface area contributed by atoms with Crippen molar-refractivity contribution in [1.29, 1.82) is 0 Å². The Morgan fingerprint density at radius 3 is 1.29 bits per heavy atom. The number of aliphatic hydroxyl groups excluding tert-OH is 1. The second-order valence-corrected chi connectivity index (χ2v) is 12.4. The smallest absolute Gasteiger partial charge is 0.127 e. The fourth-order valence-electron chi connectivity index (χ4n) is 7.00. The molecule has 10 aliphatic rings. The fraction of sp³-hybridized carbons (Fsp3) is 0.122. The molecule has 3 atom stereocenters. The number of hydrogen-bond donors (Lipinski definition) is 4. The first-order valence-electron chi connectivity index (χ1n) is 15.2. The van der Waals surface area contributed by atoms with Crippen LogP contribution in [-0.4, -0.2) is 26.5 Å². The standard InChI is InChI=1S/C41H32O4/c42-37-20-21-41(45)36-18-12-30(13-19-36)33-3-1-2-32(26-33)29-10-16-35(17-11-29)40(44)24-22-39(43,23-25-40)34-14-8-28(9-15-34)27-4-6-31(7-5-27)38(37)41/h1-26,37-38,42-45H/t37-,38?,39?,40?,41-/m1/s1. The molecule has 4 heteroatoms. The van der Waals surface area contributed by atoms with Crippen LogP contribution in [0.4, 0.5) is 0 Å². The Labute approximate surface area is 262 Å². The summed E-state index contributed by atoms with van der Waals surface area (Å²) in [6.45, 7) is 0. The molecule has 0 saturated carbocycles. The number of hydrogen-bond acceptors (Lipinski definition) is 4. The summed E-state index contributed by atoms with van der Waals surface area (Å²) >= 11 is 0. The van der Waals surface area contributed by atoms with Gasteiger partial charge in [0.15, 0.2) is 0 Å². The number of rotatable bonds is 0. The van der Waals surface area contributed by atoms with Gasteiger partial charge in [-0.15, -0.1) is 0 Å². The van der Waals surface area contributed by atoms with Crippen molar-refractivity contribution in [1.82, 2.24) is 0 Å². The Morgan fingerprint density at radius 2 is 0.822 bits per heavy atom. The predicted octanol–water partition coefficient (Wildman–Crippen LogP) is 7.10. The molecule has 4 N–H and O–H groups in total. The zero-order chi connectivity index (χ0) is 30.8. The quantitative estimate of drug-likeness (QED) is 0.146. The molecule has 0 fully saturated rings. The van der Waals surface area contributed by atoms with E-state index in [4.69, 9.17) is 0 Å². The summed E-state index contributed by atoms with van der Waals surface area (Å²) in [5, 5.41) is 46.0. The molecule has 0 spiro atoms. The third kappa shape index (κ3) is 4.54. The number of fused-ring (bicyclic) bond motifs is 1. The average Bonchev–Trinajstić information content (AvgIpc) is 3.40. The minimum atomic E-state index is -1.36. The maximum atomic E-state index is 12.0. The summed E-state index contributed by atoms with van der Waals surface area (Å²) < 4.78 is 0. The van der Waals surface area contributed by atoms with Gasteiger partial charge in [0.2, 0.25) is 0 Å². The predicted molar refractivity (Wildman–Crippen MR) is 177 cm³/mol. The first-order valence-corrected chi connectivity index (χ1v) is 15.2. The second kappa shape index (κ2) is 10.1. The summed E-state index contributed by atoms with van der Waals surface area (Å²) in [6, 6.07) is 39.6. The number of benzene rings is 5. The summed E-state index contributed by atoms with van der Waals surface area (Å²) in [5.74, 6) is -0.557. The summed E-state index contributed by atoms with van der Waals surface area (Å²) in [7, 11) is 0. The molecule has 12 bridgehead atoms. The van der Waals surface area contributed by atoms with Crippen LogP contribution >= 0.6 is 0 Å². The van der Waals surface area contributed by atoms with Crippen LogP contribution in [0, 0.1) is 0 Å². The minimum Gasteiger partial charge on any atom is -0.388 e. The van der Waals surface area contributed by atoms with Crippen molar-refractivity contribution in [2.75, 3.05) is 0 Å². The maximum absolute atomic E-state index is 12.0. The molecule has 10 aliphatic carbocycles. The van der Waals surface area contributed by atoms with Crippen LogP contribution in [0.25, 0.3) is 33.4 Å². The molecule has 0 aliphatic heterocycles. The van der Waals surface area contributed by atoms with Gasteiger partial charge in [-0.1, -0.05) is 121 Å². The first-order chi connectivity index (χ1) is 21.7. The lowest BCUT2D eigenvalue weighted by Gasteiger charge is -2.32. The van der Waals surface area contributed by atoms with Crippen LogP contribution in [0.2, 0.25) is 0 Å². The van der Waals surface area contributed by atoms with Gasteiger partial charge in [-0.3, -0.25) is 0 Å². The van der Waals surface area contributed by atoms with Gasteiger partial charge in [-0.05, 0) is 92.1 Å². The topological polar surface area (TPSA) is 80.9 Å². The molecule has 5 aromatic carbocycles. The lowest BCUT2D eigenvalue weighted by molar-refractivity contribution is 0.0290. The van der Waals surface area contributed by atoms with Crippen LogP contribution < -0.4 is 0 Å². The van der Waals surface area contributed by atoms with Crippen molar-refractivity contribution in [3.63, 3.8) is 0 Å². The van der Waals surface area contributed by atoms with Gasteiger partial charge < -0.3 is 20.4 Å². The van der Waals surface area contributed by atoms with Crippen molar-refractivity contribution < 1.29 is 20.4 Å². The Bertz CT molecular complexity index is 1970. The zero-order valence-corrected chi connectivity index (χ0v) is 24.5. The molecular formula is C41H32O4. The van der Waals surface area contributed by atoms with Gasteiger partial charge in [0.05, 0.1) is 12.0 Å². The van der Waals surface area contributed by atoms with Gasteiger partial charge in [0.25, 0.3) is 0 Å². The second-order valence-electron chi connectivity index (χ2n) is 12.4. The Balaban J connectivity index is 1.26. The molecule has 45 heavy (non-hydrogen) atoms. The molecule has 220 valence electrons. The average molecular weight is 589 g/mol. The number of aliphatic hydroxyl groups is 4. The molecule has 0 saturated heterocycles. The van der Waals surface area contributed by atoms with E-state index in [1.54, 1.807) is 36.5 Å². The zero-order valence-electron chi connectivity index (χ0n) is 24.5. The molecule has 0 radical (unpaired) electrons. The van der Waals surface area contributed by atoms with Gasteiger partial charge in [-0.25, -0.2) is 0 Å². The first kappa shape index (κ1) is 27.7. The van der Waals surface area contributed by atoms with Crippen LogP contribution in [-0.2, 0) is 16.8 Å². The summed E-state index contributed by atoms with van der Waals surface area (Å²) in [4.78, 5) is 0. The highest BCUT2D eigenvalue weighted by molar-refractivity contribution is 5.74. The van der Waals surface area contributed by atoms with E-state index in [2.05, 4.69) is 18.2 Å². The molecular weight excluding hydrogens is 556 g/mol. The SMILES string of the molecule is O[C@@H]1C=C[C@@]2(O)c3ccc(cc3)-c3cccc(c3)-c3ccc(cc3)C3(O)C=CC(O)(C=C3)c3ccc(cc3)-c3ccc(cc3)C12. The van der Waals surface area contributed by atoms with Gasteiger partial charge in [0.1, 0.15) is 16.8 Å². The lowest BCUT2D eigenvalue weighted by Crippen LogP contribution is -2.33. The third-order valence-corrected chi connectivity index (χ3v) is 9.72. The van der Waals surface area contributed by atoms with Crippen molar-refractivity contribution in [3.8, 4) is 33.4 Å². The Hall–Kier alpha value is -4.84. The van der Waals surface area contributed by atoms with Gasteiger partial charge in [-0.2, -0.15) is 0 Å².